The van der Waals surface area contributed by atoms with Gasteiger partial charge in [0.15, 0.2) is 0 Å². The van der Waals surface area contributed by atoms with Crippen molar-refractivity contribution in [2.24, 2.45) is 0 Å². The van der Waals surface area contributed by atoms with Crippen LogP contribution in [0.5, 0.6) is 0 Å². The molecule has 11 heavy (non-hydrogen) atoms. The lowest BCUT2D eigenvalue weighted by atomic mass is 10.6. The first kappa shape index (κ1) is 8.39. The van der Waals surface area contributed by atoms with Gasteiger partial charge in [0.25, 0.3) is 0 Å². The molecular formula is C4H6FN2O3P. The zero-order valence-corrected chi connectivity index (χ0v) is 6.29. The molecule has 0 saturated carbocycles. The topological polar surface area (TPSA) is 75.2 Å². The zero-order valence-electron chi connectivity index (χ0n) is 5.40. The number of aromatic amines is 1. The first-order valence-corrected chi connectivity index (χ1v) is 4.50. The SMILES string of the molecule is O=P(O)(Cc1cnc[nH]1)OF. The molecule has 0 aliphatic carbocycles. The van der Waals surface area contributed by atoms with Crippen LogP contribution in [0.3, 0.4) is 0 Å². The van der Waals surface area contributed by atoms with Gasteiger partial charge in [-0.1, -0.05) is 0 Å². The standard InChI is InChI=1S/C4H6FN2O3P/c5-10-11(8,9)2-4-1-6-3-7-4/h1,3H,2H2,(H,6,7)(H,8,9). The molecule has 7 heteroatoms. The number of aromatic nitrogens is 2. The van der Waals surface area contributed by atoms with E-state index in [9.17, 15) is 9.09 Å². The summed E-state index contributed by atoms with van der Waals surface area (Å²) < 4.78 is 24.8. The Bertz CT molecular complexity index is 262. The molecule has 0 bridgehead atoms. The minimum absolute atomic E-state index is 0.355. The maximum Gasteiger partial charge on any atom is 0.366 e. The van der Waals surface area contributed by atoms with Crippen LogP contribution in [0.25, 0.3) is 0 Å². The van der Waals surface area contributed by atoms with Crippen LogP contribution in [0.2, 0.25) is 0 Å². The fourth-order valence-corrected chi connectivity index (χ4v) is 1.26. The molecule has 1 heterocycles. The van der Waals surface area contributed by atoms with E-state index in [4.69, 9.17) is 4.89 Å². The zero-order chi connectivity index (χ0) is 8.32. The summed E-state index contributed by atoms with van der Waals surface area (Å²) >= 11 is 0. The molecule has 1 aromatic rings. The lowest BCUT2D eigenvalue weighted by molar-refractivity contribution is -0.0194. The molecule has 0 aromatic carbocycles. The van der Waals surface area contributed by atoms with Gasteiger partial charge in [-0.15, -0.1) is 4.73 Å². The molecule has 1 aromatic heterocycles. The highest BCUT2D eigenvalue weighted by Gasteiger charge is 2.21. The Kier molecular flexibility index (Phi) is 2.38. The van der Waals surface area contributed by atoms with Gasteiger partial charge in [0.1, 0.15) is 0 Å². The van der Waals surface area contributed by atoms with Gasteiger partial charge < -0.3 is 9.88 Å². The Morgan fingerprint density at radius 2 is 2.64 bits per heavy atom. The molecule has 0 saturated heterocycles. The number of rotatable bonds is 3. The Hall–Kier alpha value is -0.710. The highest BCUT2D eigenvalue weighted by molar-refractivity contribution is 7.51. The van der Waals surface area contributed by atoms with Crippen molar-refractivity contribution in [1.29, 1.82) is 0 Å². The van der Waals surface area contributed by atoms with Crippen LogP contribution in [0.15, 0.2) is 12.5 Å². The Balaban J connectivity index is 2.63. The highest BCUT2D eigenvalue weighted by Crippen LogP contribution is 2.45. The molecule has 1 unspecified atom stereocenters. The summed E-state index contributed by atoms with van der Waals surface area (Å²) in [5, 5.41) is 0. The van der Waals surface area contributed by atoms with Gasteiger partial charge in [-0.2, -0.15) is 0 Å². The second kappa shape index (κ2) is 3.13. The van der Waals surface area contributed by atoms with Gasteiger partial charge in [0.2, 0.25) is 0 Å². The third kappa shape index (κ3) is 2.42. The molecule has 0 radical (unpaired) electrons. The van der Waals surface area contributed by atoms with Crippen molar-refractivity contribution >= 4 is 7.60 Å². The maximum atomic E-state index is 11.3. The predicted molar refractivity (Wildman–Crippen MR) is 34.3 cm³/mol. The van der Waals surface area contributed by atoms with Crippen molar-refractivity contribution in [2.75, 3.05) is 0 Å². The van der Waals surface area contributed by atoms with E-state index in [1.807, 2.05) is 0 Å². The van der Waals surface area contributed by atoms with Crippen molar-refractivity contribution in [1.82, 2.24) is 9.97 Å². The average Bonchev–Trinajstić information content (AvgIpc) is 2.39. The monoisotopic (exact) mass is 180 g/mol. The van der Waals surface area contributed by atoms with Crippen LogP contribution in [-0.2, 0) is 15.5 Å². The molecule has 5 nitrogen and oxygen atoms in total. The lowest BCUT2D eigenvalue weighted by Gasteiger charge is -2.01. The van der Waals surface area contributed by atoms with Crippen LogP contribution in [0.1, 0.15) is 5.69 Å². The average molecular weight is 180 g/mol. The molecule has 1 rings (SSSR count). The van der Waals surface area contributed by atoms with Crippen molar-refractivity contribution in [2.45, 2.75) is 6.16 Å². The fraction of sp³-hybridized carbons (Fsp3) is 0.250. The molecule has 0 fully saturated rings. The van der Waals surface area contributed by atoms with Crippen molar-refractivity contribution in [3.63, 3.8) is 0 Å². The normalized spacial score (nSPS) is 16.2. The van der Waals surface area contributed by atoms with Crippen molar-refractivity contribution < 1.29 is 18.7 Å². The van der Waals surface area contributed by atoms with Gasteiger partial charge in [0, 0.05) is 11.9 Å². The predicted octanol–water partition coefficient (Wildman–Crippen LogP) is 0.996. The number of hydrogen-bond acceptors (Lipinski definition) is 3. The molecule has 0 aliphatic heterocycles. The van der Waals surface area contributed by atoms with Crippen LogP contribution in [-0.4, -0.2) is 14.9 Å². The summed E-state index contributed by atoms with van der Waals surface area (Å²) in [7, 11) is -4.10. The lowest BCUT2D eigenvalue weighted by Crippen LogP contribution is -1.87. The van der Waals surface area contributed by atoms with Gasteiger partial charge in [-0.25, -0.2) is 4.98 Å². The van der Waals surface area contributed by atoms with E-state index in [0.717, 1.165) is 0 Å². The van der Waals surface area contributed by atoms with Crippen LogP contribution >= 0.6 is 7.60 Å². The largest absolute Gasteiger partial charge is 0.366 e. The summed E-state index contributed by atoms with van der Waals surface area (Å²) in [4.78, 5) is 14.7. The van der Waals surface area contributed by atoms with E-state index in [0.29, 0.717) is 5.69 Å². The summed E-state index contributed by atoms with van der Waals surface area (Å²) in [5.74, 6) is 0. The minimum Gasteiger partial charge on any atom is -0.348 e. The third-order valence-electron chi connectivity index (χ3n) is 1.03. The van der Waals surface area contributed by atoms with E-state index >= 15 is 0 Å². The summed E-state index contributed by atoms with van der Waals surface area (Å²) in [6, 6.07) is 0. The van der Waals surface area contributed by atoms with Crippen molar-refractivity contribution in [3.8, 4) is 0 Å². The number of nitrogens with one attached hydrogen (secondary N) is 1. The van der Waals surface area contributed by atoms with E-state index in [-0.39, 0.29) is 0 Å². The highest BCUT2D eigenvalue weighted by atomic mass is 31.2. The van der Waals surface area contributed by atoms with E-state index in [1.54, 1.807) is 0 Å². The minimum atomic E-state index is -4.10. The third-order valence-corrected chi connectivity index (χ3v) is 1.99. The molecule has 2 N–H and O–H groups in total. The first-order chi connectivity index (χ1) is 5.14. The summed E-state index contributed by atoms with van der Waals surface area (Å²) in [5.41, 5.74) is 0.355. The Morgan fingerprint density at radius 1 is 1.91 bits per heavy atom. The van der Waals surface area contributed by atoms with Crippen LogP contribution in [0, 0.1) is 0 Å². The second-order valence-corrected chi connectivity index (χ2v) is 3.67. The summed E-state index contributed by atoms with van der Waals surface area (Å²) in [6.07, 6.45) is 2.25. The maximum absolute atomic E-state index is 11.3. The number of halogens is 1. The van der Waals surface area contributed by atoms with Crippen LogP contribution < -0.4 is 0 Å². The number of nitrogens with zero attached hydrogens (tertiary/aromatic N) is 1. The summed E-state index contributed by atoms with van der Waals surface area (Å²) in [6.45, 7) is 0. The van der Waals surface area contributed by atoms with E-state index in [1.165, 1.54) is 12.5 Å². The first-order valence-electron chi connectivity index (χ1n) is 2.73. The molecule has 1 atom stereocenters. The quantitative estimate of drug-likeness (QED) is 0.680. The Labute approximate surface area is 61.7 Å². The molecule has 0 aliphatic rings. The number of hydrogen-bond donors (Lipinski definition) is 2. The van der Waals surface area contributed by atoms with Gasteiger partial charge in [-0.05, 0) is 4.53 Å². The van der Waals surface area contributed by atoms with E-state index < -0.39 is 13.8 Å². The molecule has 0 amide bonds. The Morgan fingerprint density at radius 3 is 3.09 bits per heavy atom. The van der Waals surface area contributed by atoms with Crippen molar-refractivity contribution in [3.05, 3.63) is 18.2 Å². The number of imidazole rings is 1. The van der Waals surface area contributed by atoms with Gasteiger partial charge in [-0.3, -0.25) is 4.57 Å². The molecular weight excluding hydrogens is 174 g/mol. The second-order valence-electron chi connectivity index (χ2n) is 1.94. The molecule has 0 spiro atoms. The van der Waals surface area contributed by atoms with Gasteiger partial charge in [0.05, 0.1) is 12.5 Å². The van der Waals surface area contributed by atoms with Crippen LogP contribution in [0.4, 0.5) is 4.53 Å². The molecule has 62 valence electrons. The fourth-order valence-electron chi connectivity index (χ4n) is 0.611. The smallest absolute Gasteiger partial charge is 0.348 e. The van der Waals surface area contributed by atoms with E-state index in [2.05, 4.69) is 14.7 Å². The van der Waals surface area contributed by atoms with Gasteiger partial charge >= 0.3 is 7.60 Å². The number of H-pyrrole nitrogens is 1.